The van der Waals surface area contributed by atoms with Gasteiger partial charge in [0.1, 0.15) is 5.82 Å². The molecule has 0 saturated carbocycles. The van der Waals surface area contributed by atoms with Gasteiger partial charge in [0, 0.05) is 44.1 Å². The Morgan fingerprint density at radius 2 is 1.97 bits per heavy atom. The fourth-order valence-electron chi connectivity index (χ4n) is 3.56. The highest BCUT2D eigenvalue weighted by atomic mass is 32.1. The van der Waals surface area contributed by atoms with Gasteiger partial charge in [0.15, 0.2) is 0 Å². The minimum Gasteiger partial charge on any atom is -0.336 e. The number of aromatic nitrogens is 4. The maximum absolute atomic E-state index is 12.6. The van der Waals surface area contributed by atoms with Crippen LogP contribution in [0.2, 0.25) is 0 Å². The van der Waals surface area contributed by atoms with Crippen LogP contribution in [0.25, 0.3) is 21.5 Å². The molecule has 3 aromatic heterocycles. The molecule has 1 fully saturated rings. The Bertz CT molecular complexity index is 1230. The van der Waals surface area contributed by atoms with Crippen LogP contribution in [0, 0.1) is 6.92 Å². The Labute approximate surface area is 183 Å². The number of fused-ring (bicyclic) bond motifs is 1. The number of thiazole rings is 1. The molecule has 1 saturated heterocycles. The zero-order valence-corrected chi connectivity index (χ0v) is 17.8. The highest BCUT2D eigenvalue weighted by Crippen LogP contribution is 2.27. The number of hydrogen-bond acceptors (Lipinski definition) is 8. The number of nitrogens with one attached hydrogen (secondary N) is 2. The molecule has 0 unspecified atom stereocenters. The topological polar surface area (TPSA) is 95.9 Å². The average molecular weight is 432 g/mol. The molecule has 1 aliphatic heterocycles. The Morgan fingerprint density at radius 1 is 1.10 bits per heavy atom. The van der Waals surface area contributed by atoms with Gasteiger partial charge in [-0.2, -0.15) is 0 Å². The Balaban J connectivity index is 1.35. The quantitative estimate of drug-likeness (QED) is 0.512. The number of nitrogens with zero attached hydrogens (tertiary/aromatic N) is 5. The molecule has 156 valence electrons. The van der Waals surface area contributed by atoms with Gasteiger partial charge in [0.25, 0.3) is 5.91 Å². The van der Waals surface area contributed by atoms with Crippen LogP contribution in [0.5, 0.6) is 0 Å². The number of aryl methyl sites for hydroxylation is 1. The largest absolute Gasteiger partial charge is 0.336 e. The molecule has 2 N–H and O–H groups in total. The van der Waals surface area contributed by atoms with Crippen molar-refractivity contribution >= 4 is 39.2 Å². The number of pyridine rings is 1. The number of rotatable bonds is 4. The van der Waals surface area contributed by atoms with E-state index in [0.29, 0.717) is 30.4 Å². The maximum atomic E-state index is 12.6. The first-order valence-corrected chi connectivity index (χ1v) is 11.0. The van der Waals surface area contributed by atoms with E-state index in [0.717, 1.165) is 40.1 Å². The third-order valence-electron chi connectivity index (χ3n) is 5.23. The summed E-state index contributed by atoms with van der Waals surface area (Å²) < 4.78 is 1.12. The number of amides is 1. The lowest BCUT2D eigenvalue weighted by Gasteiger charge is -2.27. The van der Waals surface area contributed by atoms with Gasteiger partial charge < -0.3 is 15.5 Å². The second-order valence-electron chi connectivity index (χ2n) is 7.36. The van der Waals surface area contributed by atoms with Gasteiger partial charge in [-0.15, -0.1) is 11.3 Å². The van der Waals surface area contributed by atoms with Gasteiger partial charge in [-0.3, -0.25) is 4.79 Å². The van der Waals surface area contributed by atoms with Gasteiger partial charge in [-0.1, -0.05) is 6.07 Å². The molecular formula is C22H21N7OS. The Morgan fingerprint density at radius 3 is 2.77 bits per heavy atom. The number of carbonyl (C=O) groups is 1. The summed E-state index contributed by atoms with van der Waals surface area (Å²) in [5.74, 6) is 1.05. The molecule has 31 heavy (non-hydrogen) atoms. The van der Waals surface area contributed by atoms with Crippen molar-refractivity contribution in [2.75, 3.05) is 31.5 Å². The summed E-state index contributed by atoms with van der Waals surface area (Å²) in [5.41, 5.74) is 6.27. The predicted octanol–water partition coefficient (Wildman–Crippen LogP) is 3.25. The van der Waals surface area contributed by atoms with Crippen LogP contribution in [0.15, 0.2) is 48.2 Å². The van der Waals surface area contributed by atoms with E-state index in [1.165, 1.54) is 0 Å². The molecule has 1 aliphatic rings. The van der Waals surface area contributed by atoms with Crippen LogP contribution in [-0.2, 0) is 0 Å². The number of benzene rings is 1. The molecule has 4 heterocycles. The van der Waals surface area contributed by atoms with Crippen molar-refractivity contribution in [3.8, 4) is 11.3 Å². The van der Waals surface area contributed by atoms with Gasteiger partial charge >= 0.3 is 0 Å². The summed E-state index contributed by atoms with van der Waals surface area (Å²) in [6.07, 6.45) is 3.39. The van der Waals surface area contributed by atoms with Crippen LogP contribution in [0.1, 0.15) is 15.9 Å². The van der Waals surface area contributed by atoms with Crippen LogP contribution < -0.4 is 10.6 Å². The second-order valence-corrected chi connectivity index (χ2v) is 8.25. The zero-order chi connectivity index (χ0) is 21.2. The third-order valence-corrected chi connectivity index (χ3v) is 6.02. The lowest BCUT2D eigenvalue weighted by Crippen LogP contribution is -2.46. The minimum absolute atomic E-state index is 0.00730. The summed E-state index contributed by atoms with van der Waals surface area (Å²) in [6, 6.07) is 9.69. The van der Waals surface area contributed by atoms with Crippen LogP contribution in [0.4, 0.5) is 11.8 Å². The van der Waals surface area contributed by atoms with Gasteiger partial charge in [-0.05, 0) is 36.8 Å². The van der Waals surface area contributed by atoms with E-state index in [1.807, 2.05) is 29.5 Å². The number of hydrogen-bond donors (Lipinski definition) is 2. The van der Waals surface area contributed by atoms with E-state index < -0.39 is 0 Å². The Hall–Kier alpha value is -3.43. The fourth-order valence-corrected chi connectivity index (χ4v) is 4.27. The van der Waals surface area contributed by atoms with Gasteiger partial charge in [-0.25, -0.2) is 19.9 Å². The van der Waals surface area contributed by atoms with Crippen molar-refractivity contribution in [1.29, 1.82) is 0 Å². The van der Waals surface area contributed by atoms with Crippen LogP contribution >= 0.6 is 11.3 Å². The first-order valence-electron chi connectivity index (χ1n) is 10.1. The highest BCUT2D eigenvalue weighted by Gasteiger charge is 2.18. The van der Waals surface area contributed by atoms with E-state index >= 15 is 0 Å². The number of carbonyl (C=O) groups excluding carboxylic acids is 1. The summed E-state index contributed by atoms with van der Waals surface area (Å²) >= 11 is 1.61. The standard InChI is InChI=1S/C22H21N7OS/c1-14-11-25-22(28-20(14)15-2-4-17-18(10-15)31-13-26-17)27-19-5-3-16(12-24-19)21(30)29-8-6-23-7-9-29/h2-5,10-13,23H,6-9H2,1H3,(H,24,25,27,28). The smallest absolute Gasteiger partial charge is 0.255 e. The molecule has 1 aromatic carbocycles. The van der Waals surface area contributed by atoms with Crippen molar-refractivity contribution in [2.45, 2.75) is 6.92 Å². The normalized spacial score (nSPS) is 14.0. The summed E-state index contributed by atoms with van der Waals surface area (Å²) in [7, 11) is 0. The van der Waals surface area contributed by atoms with Crippen molar-refractivity contribution in [2.24, 2.45) is 0 Å². The molecule has 9 heteroatoms. The highest BCUT2D eigenvalue weighted by molar-refractivity contribution is 7.16. The monoisotopic (exact) mass is 431 g/mol. The van der Waals surface area contributed by atoms with Gasteiger partial charge in [0.2, 0.25) is 5.95 Å². The van der Waals surface area contributed by atoms with Crippen molar-refractivity contribution < 1.29 is 4.79 Å². The van der Waals surface area contributed by atoms with E-state index in [-0.39, 0.29) is 5.91 Å². The molecular weight excluding hydrogens is 410 g/mol. The van der Waals surface area contributed by atoms with Crippen LogP contribution in [0.3, 0.4) is 0 Å². The first-order chi connectivity index (χ1) is 15.2. The minimum atomic E-state index is 0.00730. The lowest BCUT2D eigenvalue weighted by molar-refractivity contribution is 0.0735. The molecule has 0 spiro atoms. The molecule has 0 radical (unpaired) electrons. The fraction of sp³-hybridized carbons (Fsp3) is 0.227. The number of anilines is 2. The molecule has 0 bridgehead atoms. The summed E-state index contributed by atoms with van der Waals surface area (Å²) in [4.78, 5) is 32.2. The predicted molar refractivity (Wildman–Crippen MR) is 122 cm³/mol. The first kappa shape index (κ1) is 19.5. The zero-order valence-electron chi connectivity index (χ0n) is 17.0. The average Bonchev–Trinajstić information content (AvgIpc) is 3.29. The van der Waals surface area contributed by atoms with Crippen molar-refractivity contribution in [3.05, 3.63) is 59.4 Å². The van der Waals surface area contributed by atoms with Gasteiger partial charge in [0.05, 0.1) is 27.0 Å². The van der Waals surface area contributed by atoms with E-state index in [1.54, 1.807) is 35.9 Å². The van der Waals surface area contributed by atoms with Crippen molar-refractivity contribution in [1.82, 2.24) is 30.2 Å². The molecule has 5 rings (SSSR count). The molecule has 8 nitrogen and oxygen atoms in total. The van der Waals surface area contributed by atoms with E-state index in [2.05, 4.69) is 31.7 Å². The molecule has 0 atom stereocenters. The third kappa shape index (κ3) is 4.10. The Kier molecular flexibility index (Phi) is 5.27. The van der Waals surface area contributed by atoms with E-state index in [4.69, 9.17) is 4.98 Å². The summed E-state index contributed by atoms with van der Waals surface area (Å²) in [6.45, 7) is 5.06. The van der Waals surface area contributed by atoms with E-state index in [9.17, 15) is 4.79 Å². The SMILES string of the molecule is Cc1cnc(Nc2ccc(C(=O)N3CCNCC3)cn2)nc1-c1ccc2ncsc2c1. The van der Waals surface area contributed by atoms with Crippen molar-refractivity contribution in [3.63, 3.8) is 0 Å². The second kappa shape index (κ2) is 8.37. The maximum Gasteiger partial charge on any atom is 0.255 e. The lowest BCUT2D eigenvalue weighted by atomic mass is 10.1. The summed E-state index contributed by atoms with van der Waals surface area (Å²) in [5, 5.41) is 6.39. The van der Waals surface area contributed by atoms with Crippen LogP contribution in [-0.4, -0.2) is 56.9 Å². The molecule has 4 aromatic rings. The molecule has 0 aliphatic carbocycles. The number of piperazine rings is 1. The molecule has 1 amide bonds.